The van der Waals surface area contributed by atoms with Crippen molar-refractivity contribution in [3.05, 3.63) is 23.8 Å². The lowest BCUT2D eigenvalue weighted by molar-refractivity contribution is -0.161. The largest absolute Gasteiger partial charge is 0.485 e. The minimum atomic E-state index is -1.54. The average molecular weight is 244 g/mol. The van der Waals surface area contributed by atoms with E-state index in [0.717, 1.165) is 12.1 Å². The number of carboxylic acid groups (broad SMARTS) is 1. The first-order chi connectivity index (χ1) is 7.98. The first kappa shape index (κ1) is 11.6. The number of rotatable bonds is 2. The van der Waals surface area contributed by atoms with Gasteiger partial charge in [-0.25, -0.2) is 13.6 Å². The van der Waals surface area contributed by atoms with E-state index in [2.05, 4.69) is 0 Å². The number of halogens is 2. The van der Waals surface area contributed by atoms with Crippen molar-refractivity contribution in [2.75, 3.05) is 6.61 Å². The lowest BCUT2D eigenvalue weighted by Gasteiger charge is -2.34. The van der Waals surface area contributed by atoms with Crippen LogP contribution in [0.3, 0.4) is 0 Å². The van der Waals surface area contributed by atoms with Gasteiger partial charge in [-0.05, 0) is 6.42 Å². The number of ether oxygens (including phenoxy) is 2. The smallest absolute Gasteiger partial charge is 0.351 e. The lowest BCUT2D eigenvalue weighted by atomic mass is 10.0. The summed E-state index contributed by atoms with van der Waals surface area (Å²) in [4.78, 5) is 11.1. The Balaban J connectivity index is 2.42. The number of carbonyl (C=O) groups is 1. The van der Waals surface area contributed by atoms with Crippen molar-refractivity contribution < 1.29 is 28.2 Å². The quantitative estimate of drug-likeness (QED) is 0.864. The Morgan fingerprint density at radius 2 is 2.00 bits per heavy atom. The molecule has 1 unspecified atom stereocenters. The molecule has 0 aliphatic carbocycles. The summed E-state index contributed by atoms with van der Waals surface area (Å²) < 4.78 is 36.3. The van der Waals surface area contributed by atoms with Gasteiger partial charge in [0.15, 0.2) is 23.1 Å². The van der Waals surface area contributed by atoms with E-state index in [-0.39, 0.29) is 24.5 Å². The summed E-state index contributed by atoms with van der Waals surface area (Å²) >= 11 is 0. The molecule has 0 amide bonds. The summed E-state index contributed by atoms with van der Waals surface area (Å²) in [5.74, 6) is -3.46. The lowest BCUT2D eigenvalue weighted by Crippen LogP contribution is -2.51. The number of benzene rings is 1. The first-order valence-electron chi connectivity index (χ1n) is 5.03. The third-order valence-electron chi connectivity index (χ3n) is 2.71. The highest BCUT2D eigenvalue weighted by Crippen LogP contribution is 2.38. The zero-order valence-corrected chi connectivity index (χ0v) is 9.00. The predicted octanol–water partition coefficient (Wildman–Crippen LogP) is 1.97. The second-order valence-corrected chi connectivity index (χ2v) is 3.76. The number of aliphatic carboxylic acids is 1. The normalized spacial score (nSPS) is 22.3. The van der Waals surface area contributed by atoms with Crippen LogP contribution in [0.15, 0.2) is 12.1 Å². The third kappa shape index (κ3) is 1.79. The summed E-state index contributed by atoms with van der Waals surface area (Å²) in [5, 5.41) is 9.07. The maximum atomic E-state index is 13.0. The van der Waals surface area contributed by atoms with Gasteiger partial charge in [0.1, 0.15) is 6.61 Å². The van der Waals surface area contributed by atoms with Crippen molar-refractivity contribution in [2.45, 2.75) is 18.9 Å². The Hall–Kier alpha value is -1.85. The summed E-state index contributed by atoms with van der Waals surface area (Å²) in [6.07, 6.45) is 0.154. The fourth-order valence-electron chi connectivity index (χ4n) is 1.57. The van der Waals surface area contributed by atoms with Gasteiger partial charge in [0, 0.05) is 12.1 Å². The molecule has 17 heavy (non-hydrogen) atoms. The highest BCUT2D eigenvalue weighted by Gasteiger charge is 2.44. The minimum Gasteiger partial charge on any atom is -0.485 e. The minimum absolute atomic E-state index is 0.00854. The van der Waals surface area contributed by atoms with Crippen LogP contribution in [-0.2, 0) is 4.79 Å². The van der Waals surface area contributed by atoms with Crippen LogP contribution in [0.2, 0.25) is 0 Å². The topological polar surface area (TPSA) is 55.8 Å². The van der Waals surface area contributed by atoms with Crippen LogP contribution in [0.4, 0.5) is 8.78 Å². The summed E-state index contributed by atoms with van der Waals surface area (Å²) in [7, 11) is 0. The van der Waals surface area contributed by atoms with Crippen LogP contribution in [0.1, 0.15) is 13.3 Å². The van der Waals surface area contributed by atoms with E-state index < -0.39 is 23.2 Å². The fourth-order valence-corrected chi connectivity index (χ4v) is 1.57. The Morgan fingerprint density at radius 1 is 1.41 bits per heavy atom. The van der Waals surface area contributed by atoms with E-state index in [1.165, 1.54) is 0 Å². The van der Waals surface area contributed by atoms with Gasteiger partial charge in [0.05, 0.1) is 0 Å². The van der Waals surface area contributed by atoms with Gasteiger partial charge in [0.2, 0.25) is 5.60 Å². The van der Waals surface area contributed by atoms with E-state index in [9.17, 15) is 13.6 Å². The molecule has 1 heterocycles. The molecule has 2 rings (SSSR count). The van der Waals surface area contributed by atoms with Gasteiger partial charge in [-0.3, -0.25) is 0 Å². The molecule has 6 heteroatoms. The molecule has 0 saturated carbocycles. The zero-order chi connectivity index (χ0) is 12.6. The van der Waals surface area contributed by atoms with Crippen molar-refractivity contribution in [1.82, 2.24) is 0 Å². The van der Waals surface area contributed by atoms with Crippen LogP contribution < -0.4 is 9.47 Å². The average Bonchev–Trinajstić information content (AvgIpc) is 2.30. The fraction of sp³-hybridized carbons (Fsp3) is 0.364. The zero-order valence-electron chi connectivity index (χ0n) is 9.00. The van der Waals surface area contributed by atoms with Gasteiger partial charge >= 0.3 is 5.97 Å². The van der Waals surface area contributed by atoms with Crippen molar-refractivity contribution in [3.63, 3.8) is 0 Å². The molecular formula is C11H10F2O4. The Kier molecular flexibility index (Phi) is 2.65. The van der Waals surface area contributed by atoms with Crippen molar-refractivity contribution in [1.29, 1.82) is 0 Å². The standard InChI is InChI=1S/C11H10F2O4/c1-2-11(10(14)15)5-16-8-3-6(12)7(13)4-9(8)17-11/h3-4H,2,5H2,1H3,(H,14,15). The SMILES string of the molecule is CCC1(C(=O)O)COc2cc(F)c(F)cc2O1. The summed E-state index contributed by atoms with van der Waals surface area (Å²) in [5.41, 5.74) is -1.54. The third-order valence-corrected chi connectivity index (χ3v) is 2.71. The molecule has 1 atom stereocenters. The van der Waals surface area contributed by atoms with Gasteiger partial charge in [-0.15, -0.1) is 0 Å². The molecule has 4 nitrogen and oxygen atoms in total. The van der Waals surface area contributed by atoms with Gasteiger partial charge in [-0.2, -0.15) is 0 Å². The van der Waals surface area contributed by atoms with Crippen LogP contribution in [-0.4, -0.2) is 23.3 Å². The summed E-state index contributed by atoms with van der Waals surface area (Å²) in [6, 6.07) is 1.63. The van der Waals surface area contributed by atoms with E-state index >= 15 is 0 Å². The van der Waals surface area contributed by atoms with Crippen LogP contribution in [0, 0.1) is 11.6 Å². The molecule has 1 aliphatic heterocycles. The number of carboxylic acids is 1. The van der Waals surface area contributed by atoms with E-state index in [4.69, 9.17) is 14.6 Å². The van der Waals surface area contributed by atoms with E-state index in [0.29, 0.717) is 0 Å². The Bertz CT molecular complexity index is 475. The number of fused-ring (bicyclic) bond motifs is 1. The molecule has 0 radical (unpaired) electrons. The highest BCUT2D eigenvalue weighted by atomic mass is 19.2. The monoisotopic (exact) mass is 244 g/mol. The highest BCUT2D eigenvalue weighted by molar-refractivity contribution is 5.78. The van der Waals surface area contributed by atoms with Gasteiger partial charge in [-0.1, -0.05) is 6.92 Å². The van der Waals surface area contributed by atoms with E-state index in [1.807, 2.05) is 0 Å². The number of hydrogen-bond acceptors (Lipinski definition) is 3. The molecule has 0 bridgehead atoms. The molecule has 0 saturated heterocycles. The molecule has 1 aromatic rings. The van der Waals surface area contributed by atoms with Crippen molar-refractivity contribution in [3.8, 4) is 11.5 Å². The molecule has 0 fully saturated rings. The first-order valence-corrected chi connectivity index (χ1v) is 5.03. The predicted molar refractivity (Wildman–Crippen MR) is 53.1 cm³/mol. The van der Waals surface area contributed by atoms with Crippen molar-refractivity contribution >= 4 is 5.97 Å². The molecule has 1 aromatic carbocycles. The molecular weight excluding hydrogens is 234 g/mol. The molecule has 1 N–H and O–H groups in total. The van der Waals surface area contributed by atoms with Gasteiger partial charge < -0.3 is 14.6 Å². The Labute approximate surface area is 95.8 Å². The van der Waals surface area contributed by atoms with Crippen LogP contribution in [0.25, 0.3) is 0 Å². The summed E-state index contributed by atoms with van der Waals surface area (Å²) in [6.45, 7) is 1.37. The molecule has 0 spiro atoms. The maximum absolute atomic E-state index is 13.0. The van der Waals surface area contributed by atoms with Crippen LogP contribution >= 0.6 is 0 Å². The molecule has 0 aromatic heterocycles. The van der Waals surface area contributed by atoms with Crippen LogP contribution in [0.5, 0.6) is 11.5 Å². The second kappa shape index (κ2) is 3.87. The van der Waals surface area contributed by atoms with Gasteiger partial charge in [0.25, 0.3) is 0 Å². The second-order valence-electron chi connectivity index (χ2n) is 3.76. The Morgan fingerprint density at radius 3 is 2.53 bits per heavy atom. The van der Waals surface area contributed by atoms with Crippen molar-refractivity contribution in [2.24, 2.45) is 0 Å². The van der Waals surface area contributed by atoms with E-state index in [1.54, 1.807) is 6.92 Å². The molecule has 92 valence electrons. The number of hydrogen-bond donors (Lipinski definition) is 1. The molecule has 1 aliphatic rings. The maximum Gasteiger partial charge on any atom is 0.351 e.